The first kappa shape index (κ1) is 10.9. The van der Waals surface area contributed by atoms with Crippen molar-refractivity contribution in [1.29, 1.82) is 0 Å². The third-order valence-corrected chi connectivity index (χ3v) is 2.83. The maximum atomic E-state index is 11.9. The lowest BCUT2D eigenvalue weighted by molar-refractivity contribution is 0.867. The normalized spacial score (nSPS) is 11.2. The molecule has 3 N–H and O–H groups in total. The second-order valence-corrected chi connectivity index (χ2v) is 4.10. The Labute approximate surface area is 103 Å². The minimum absolute atomic E-state index is 0.165. The van der Waals surface area contributed by atoms with Crippen LogP contribution in [0.3, 0.4) is 0 Å². The molecule has 0 saturated heterocycles. The van der Waals surface area contributed by atoms with Crippen molar-refractivity contribution >= 4 is 21.9 Å². The van der Waals surface area contributed by atoms with Crippen LogP contribution in [0, 0.1) is 0 Å². The molecule has 0 unspecified atom stereocenters. The first-order valence-corrected chi connectivity index (χ1v) is 5.77. The van der Waals surface area contributed by atoms with Gasteiger partial charge in [0.2, 0.25) is 0 Å². The van der Waals surface area contributed by atoms with Gasteiger partial charge >= 0.3 is 0 Å². The summed E-state index contributed by atoms with van der Waals surface area (Å²) < 4.78 is 0. The summed E-state index contributed by atoms with van der Waals surface area (Å²) >= 11 is 0. The number of benzene rings is 1. The van der Waals surface area contributed by atoms with Gasteiger partial charge in [0.05, 0.1) is 10.9 Å². The number of hydrogen-bond donors (Lipinski definition) is 2. The Morgan fingerprint density at radius 3 is 2.89 bits per heavy atom. The highest BCUT2D eigenvalue weighted by atomic mass is 16.1. The molecule has 0 atom stereocenters. The van der Waals surface area contributed by atoms with E-state index in [0.717, 1.165) is 10.9 Å². The summed E-state index contributed by atoms with van der Waals surface area (Å²) in [6, 6.07) is 9.47. The molecule has 90 valence electrons. The number of nitrogens with one attached hydrogen (secondary N) is 1. The molecule has 0 spiro atoms. The zero-order valence-electron chi connectivity index (χ0n) is 9.68. The van der Waals surface area contributed by atoms with Crippen molar-refractivity contribution in [2.24, 2.45) is 5.73 Å². The highest BCUT2D eigenvalue weighted by Gasteiger charge is 2.06. The number of nitrogens with two attached hydrogens (primary N) is 1. The summed E-state index contributed by atoms with van der Waals surface area (Å²) in [5.74, 6) is 0.581. The lowest BCUT2D eigenvalue weighted by Gasteiger charge is -2.02. The molecular weight excluding hydrogens is 228 g/mol. The number of rotatable bonds is 2. The highest BCUT2D eigenvalue weighted by Crippen LogP contribution is 2.15. The molecule has 0 fully saturated rings. The van der Waals surface area contributed by atoms with Crippen LogP contribution in [-0.2, 0) is 6.42 Å². The van der Waals surface area contributed by atoms with Crippen molar-refractivity contribution in [3.63, 3.8) is 0 Å². The quantitative estimate of drug-likeness (QED) is 0.654. The summed E-state index contributed by atoms with van der Waals surface area (Å²) in [4.78, 5) is 23.4. The second-order valence-electron chi connectivity index (χ2n) is 4.10. The van der Waals surface area contributed by atoms with Gasteiger partial charge in [0.15, 0.2) is 5.65 Å². The van der Waals surface area contributed by atoms with Crippen molar-refractivity contribution in [2.75, 3.05) is 6.54 Å². The van der Waals surface area contributed by atoms with Crippen molar-refractivity contribution in [1.82, 2.24) is 15.0 Å². The summed E-state index contributed by atoms with van der Waals surface area (Å²) in [6.45, 7) is 0.446. The lowest BCUT2D eigenvalue weighted by atomic mass is 10.2. The number of aromatic amines is 1. The van der Waals surface area contributed by atoms with Crippen molar-refractivity contribution in [3.8, 4) is 0 Å². The first-order valence-electron chi connectivity index (χ1n) is 5.77. The van der Waals surface area contributed by atoms with Crippen LogP contribution in [0.2, 0.25) is 0 Å². The van der Waals surface area contributed by atoms with Crippen LogP contribution in [0.5, 0.6) is 0 Å². The number of aromatic nitrogens is 3. The van der Waals surface area contributed by atoms with Gasteiger partial charge < -0.3 is 10.7 Å². The van der Waals surface area contributed by atoms with Crippen LogP contribution in [0.4, 0.5) is 0 Å². The van der Waals surface area contributed by atoms with E-state index in [9.17, 15) is 4.79 Å². The lowest BCUT2D eigenvalue weighted by Crippen LogP contribution is -2.15. The average molecular weight is 240 g/mol. The van der Waals surface area contributed by atoms with Crippen molar-refractivity contribution in [2.45, 2.75) is 6.42 Å². The summed E-state index contributed by atoms with van der Waals surface area (Å²) in [6.07, 6.45) is 0.541. The van der Waals surface area contributed by atoms with E-state index in [1.165, 1.54) is 0 Å². The standard InChI is InChI=1S/C13H12N4O/c14-6-5-11-16-12-9(13(18)17-11)7-8-3-1-2-4-10(8)15-12/h1-4,7H,5-6,14H2,(H,15,16,17,18). The Hall–Kier alpha value is -2.27. The molecule has 0 amide bonds. The molecule has 0 aliphatic carbocycles. The fourth-order valence-corrected chi connectivity index (χ4v) is 1.97. The molecule has 1 aromatic carbocycles. The predicted octanol–water partition coefficient (Wildman–Crippen LogP) is 0.972. The Morgan fingerprint density at radius 2 is 2.06 bits per heavy atom. The minimum atomic E-state index is -0.165. The van der Waals surface area contributed by atoms with E-state index in [4.69, 9.17) is 5.73 Å². The molecular formula is C13H12N4O. The molecule has 2 aromatic heterocycles. The molecule has 3 aromatic rings. The Morgan fingerprint density at radius 1 is 1.22 bits per heavy atom. The zero-order chi connectivity index (χ0) is 12.5. The topological polar surface area (TPSA) is 84.7 Å². The monoisotopic (exact) mass is 240 g/mol. The summed E-state index contributed by atoms with van der Waals surface area (Å²) in [5.41, 5.74) is 6.61. The van der Waals surface area contributed by atoms with Crippen LogP contribution < -0.4 is 11.3 Å². The molecule has 0 saturated carbocycles. The van der Waals surface area contributed by atoms with Gasteiger partial charge in [-0.1, -0.05) is 18.2 Å². The smallest absolute Gasteiger partial charge is 0.260 e. The van der Waals surface area contributed by atoms with Crippen molar-refractivity contribution < 1.29 is 0 Å². The van der Waals surface area contributed by atoms with E-state index >= 15 is 0 Å². The van der Waals surface area contributed by atoms with E-state index in [2.05, 4.69) is 15.0 Å². The summed E-state index contributed by atoms with van der Waals surface area (Å²) in [7, 11) is 0. The zero-order valence-corrected chi connectivity index (χ0v) is 9.68. The third-order valence-electron chi connectivity index (χ3n) is 2.83. The maximum Gasteiger partial charge on any atom is 0.260 e. The van der Waals surface area contributed by atoms with Gasteiger partial charge in [-0.15, -0.1) is 0 Å². The predicted molar refractivity (Wildman–Crippen MR) is 70.4 cm³/mol. The van der Waals surface area contributed by atoms with Gasteiger partial charge in [-0.3, -0.25) is 4.79 Å². The molecule has 3 rings (SSSR count). The minimum Gasteiger partial charge on any atom is -0.330 e. The van der Waals surface area contributed by atoms with Crippen molar-refractivity contribution in [3.05, 3.63) is 46.5 Å². The molecule has 5 heteroatoms. The number of para-hydroxylation sites is 1. The van der Waals surface area contributed by atoms with Crippen LogP contribution in [0.15, 0.2) is 35.1 Å². The van der Waals surface area contributed by atoms with Gasteiger partial charge in [-0.05, 0) is 18.7 Å². The number of pyridine rings is 1. The fraction of sp³-hybridized carbons (Fsp3) is 0.154. The first-order chi connectivity index (χ1) is 8.78. The van der Waals surface area contributed by atoms with Gasteiger partial charge in [0.1, 0.15) is 5.82 Å². The fourth-order valence-electron chi connectivity index (χ4n) is 1.97. The van der Waals surface area contributed by atoms with Crippen LogP contribution in [-0.4, -0.2) is 21.5 Å². The van der Waals surface area contributed by atoms with Crippen LogP contribution in [0.25, 0.3) is 21.9 Å². The molecule has 0 radical (unpaired) electrons. The molecule has 0 aliphatic heterocycles. The van der Waals surface area contributed by atoms with E-state index in [1.807, 2.05) is 30.3 Å². The van der Waals surface area contributed by atoms with Gasteiger partial charge in [0, 0.05) is 11.8 Å². The number of hydrogen-bond acceptors (Lipinski definition) is 4. The molecule has 0 bridgehead atoms. The molecule has 0 aliphatic rings. The highest BCUT2D eigenvalue weighted by molar-refractivity contribution is 5.90. The molecule has 18 heavy (non-hydrogen) atoms. The van der Waals surface area contributed by atoms with E-state index in [-0.39, 0.29) is 5.56 Å². The van der Waals surface area contributed by atoms with E-state index < -0.39 is 0 Å². The number of fused-ring (bicyclic) bond motifs is 2. The largest absolute Gasteiger partial charge is 0.330 e. The Kier molecular flexibility index (Phi) is 2.53. The third kappa shape index (κ3) is 1.74. The molecule has 2 heterocycles. The second kappa shape index (κ2) is 4.19. The van der Waals surface area contributed by atoms with Crippen LogP contribution >= 0.6 is 0 Å². The SMILES string of the molecule is NCCc1nc2nc3ccccc3cc2c(=O)[nH]1. The maximum absolute atomic E-state index is 11.9. The van der Waals surface area contributed by atoms with Crippen LogP contribution in [0.1, 0.15) is 5.82 Å². The van der Waals surface area contributed by atoms with E-state index in [1.54, 1.807) is 0 Å². The van der Waals surface area contributed by atoms with Gasteiger partial charge in [-0.25, -0.2) is 9.97 Å². The Balaban J connectivity index is 2.35. The Bertz CT molecular complexity index is 779. The summed E-state index contributed by atoms with van der Waals surface area (Å²) in [5, 5.41) is 1.44. The van der Waals surface area contributed by atoms with E-state index in [0.29, 0.717) is 29.8 Å². The number of H-pyrrole nitrogens is 1. The number of nitrogens with zero attached hydrogens (tertiary/aromatic N) is 2. The van der Waals surface area contributed by atoms with Gasteiger partial charge in [0.25, 0.3) is 5.56 Å². The average Bonchev–Trinajstić information content (AvgIpc) is 2.37. The molecule has 5 nitrogen and oxygen atoms in total. The van der Waals surface area contributed by atoms with Gasteiger partial charge in [-0.2, -0.15) is 0 Å².